The lowest BCUT2D eigenvalue weighted by Crippen LogP contribution is -2.27. The van der Waals surface area contributed by atoms with Crippen LogP contribution < -0.4 is 5.32 Å². The van der Waals surface area contributed by atoms with Crippen LogP contribution in [0.3, 0.4) is 0 Å². The fourth-order valence-electron chi connectivity index (χ4n) is 1.02. The zero-order valence-corrected chi connectivity index (χ0v) is 9.05. The summed E-state index contributed by atoms with van der Waals surface area (Å²) in [5.74, 6) is -1.36. The topological polar surface area (TPSA) is 80.3 Å². The van der Waals surface area contributed by atoms with E-state index in [-0.39, 0.29) is 5.56 Å². The van der Waals surface area contributed by atoms with Gasteiger partial charge in [-0.1, -0.05) is 6.07 Å². The predicted octanol–water partition coefficient (Wildman–Crippen LogP) is 0.621. The minimum atomic E-state index is -4.85. The molecule has 0 aromatic heterocycles. The van der Waals surface area contributed by atoms with E-state index in [0.717, 1.165) is 19.1 Å². The summed E-state index contributed by atoms with van der Waals surface area (Å²) >= 11 is 0. The number of nitrogens with one attached hydrogen (secondary N) is 1. The molecule has 0 atom stereocenters. The molecule has 1 N–H and O–H groups in total. The zero-order valence-electron chi connectivity index (χ0n) is 8.23. The van der Waals surface area contributed by atoms with Gasteiger partial charge < -0.3 is 0 Å². The van der Waals surface area contributed by atoms with E-state index in [9.17, 15) is 21.9 Å². The highest BCUT2D eigenvalue weighted by atomic mass is 32.3. The van der Waals surface area contributed by atoms with Crippen molar-refractivity contribution in [3.8, 4) is 0 Å². The Morgan fingerprint density at radius 2 is 1.94 bits per heavy atom. The molecule has 16 heavy (non-hydrogen) atoms. The molecule has 1 aromatic carbocycles. The third-order valence-corrected chi connectivity index (χ3v) is 2.48. The van der Waals surface area contributed by atoms with Crippen LogP contribution in [0.25, 0.3) is 0 Å². The average molecular weight is 245 g/mol. The Hall–Kier alpha value is -1.76. The van der Waals surface area contributed by atoms with Crippen molar-refractivity contribution in [1.29, 1.82) is 0 Å². The highest BCUT2D eigenvalue weighted by Gasteiger charge is 2.15. The molecule has 0 fully saturated rings. The first-order valence-corrected chi connectivity index (χ1v) is 5.55. The molecule has 0 spiro atoms. The maximum atomic E-state index is 12.6. The molecule has 0 saturated carbocycles. The van der Waals surface area contributed by atoms with Crippen molar-refractivity contribution >= 4 is 22.0 Å². The van der Waals surface area contributed by atoms with Gasteiger partial charge in [0.1, 0.15) is 0 Å². The van der Waals surface area contributed by atoms with Crippen LogP contribution in [-0.2, 0) is 15.0 Å². The van der Waals surface area contributed by atoms with E-state index >= 15 is 0 Å². The smallest absolute Gasteiger partial charge is 0.293 e. The van der Waals surface area contributed by atoms with Gasteiger partial charge in [-0.05, 0) is 18.2 Å². The van der Waals surface area contributed by atoms with E-state index in [1.165, 1.54) is 12.1 Å². The molecule has 0 heterocycles. The van der Waals surface area contributed by atoms with Crippen LogP contribution in [0.5, 0.6) is 0 Å². The lowest BCUT2D eigenvalue weighted by Gasteiger charge is -2.01. The summed E-state index contributed by atoms with van der Waals surface area (Å²) in [5.41, 5.74) is -0.103. The summed E-state index contributed by atoms with van der Waals surface area (Å²) < 4.78 is 33.7. The number of hydrogen-bond donors (Lipinski definition) is 1. The fourth-order valence-corrected chi connectivity index (χ4v) is 1.53. The molecule has 0 bridgehead atoms. The van der Waals surface area contributed by atoms with E-state index < -0.39 is 26.9 Å². The molecule has 0 unspecified atom stereocenters. The van der Waals surface area contributed by atoms with Gasteiger partial charge in [0, 0.05) is 12.5 Å². The van der Waals surface area contributed by atoms with E-state index in [1.807, 2.05) is 5.32 Å². The molecule has 0 aliphatic heterocycles. The van der Waals surface area contributed by atoms with Crippen molar-refractivity contribution in [1.82, 2.24) is 5.32 Å². The lowest BCUT2D eigenvalue weighted by atomic mass is 10.2. The van der Waals surface area contributed by atoms with Crippen molar-refractivity contribution in [2.75, 3.05) is 0 Å². The molecule has 5 nitrogen and oxygen atoms in total. The van der Waals surface area contributed by atoms with Crippen molar-refractivity contribution in [3.63, 3.8) is 0 Å². The Bertz CT molecular complexity index is 538. The molecular weight excluding hydrogens is 237 g/mol. The van der Waals surface area contributed by atoms with Crippen LogP contribution >= 0.6 is 0 Å². The number of hydrogen-bond acceptors (Lipinski definition) is 4. The van der Waals surface area contributed by atoms with Gasteiger partial charge in [0.25, 0.3) is 5.91 Å². The minimum absolute atomic E-state index is 0.103. The second-order valence-corrected chi connectivity index (χ2v) is 4.32. The van der Waals surface area contributed by atoms with Gasteiger partial charge in [0.05, 0.1) is 4.90 Å². The Balaban J connectivity index is 3.09. The highest BCUT2D eigenvalue weighted by molar-refractivity contribution is 7.86. The number of carbonyl (C=O) groups excluding carboxylic acids is 2. The maximum absolute atomic E-state index is 12.6. The van der Waals surface area contributed by atoms with E-state index in [4.69, 9.17) is 0 Å². The van der Waals surface area contributed by atoms with Crippen LogP contribution in [0.15, 0.2) is 29.2 Å². The van der Waals surface area contributed by atoms with E-state index in [0.29, 0.717) is 0 Å². The molecule has 1 rings (SSSR count). The molecular formula is C9H8FNO4S. The molecule has 0 radical (unpaired) electrons. The third kappa shape index (κ3) is 3.13. The van der Waals surface area contributed by atoms with Crippen LogP contribution in [0.2, 0.25) is 0 Å². The van der Waals surface area contributed by atoms with Gasteiger partial charge in [0.2, 0.25) is 5.91 Å². The third-order valence-electron chi connectivity index (χ3n) is 1.67. The van der Waals surface area contributed by atoms with E-state index in [1.54, 1.807) is 0 Å². The Labute approximate surface area is 91.5 Å². The monoisotopic (exact) mass is 245 g/mol. The number of amides is 2. The van der Waals surface area contributed by atoms with Gasteiger partial charge in [-0.2, -0.15) is 8.42 Å². The predicted molar refractivity (Wildman–Crippen MR) is 52.9 cm³/mol. The quantitative estimate of drug-likeness (QED) is 0.774. The highest BCUT2D eigenvalue weighted by Crippen LogP contribution is 2.13. The molecule has 7 heteroatoms. The summed E-state index contributed by atoms with van der Waals surface area (Å²) in [6.07, 6.45) is 0. The number of carbonyl (C=O) groups is 2. The average Bonchev–Trinajstić information content (AvgIpc) is 2.15. The Morgan fingerprint density at radius 3 is 2.44 bits per heavy atom. The second-order valence-electron chi connectivity index (χ2n) is 2.98. The minimum Gasteiger partial charge on any atom is -0.293 e. The van der Waals surface area contributed by atoms with Crippen LogP contribution in [0, 0.1) is 0 Å². The SMILES string of the molecule is CC(=O)NC(=O)c1cccc(S(=O)(=O)F)c1. The molecule has 0 saturated heterocycles. The first-order valence-electron chi connectivity index (χ1n) is 4.17. The Kier molecular flexibility index (Phi) is 3.38. The summed E-state index contributed by atoms with van der Waals surface area (Å²) in [4.78, 5) is 21.2. The number of benzene rings is 1. The van der Waals surface area contributed by atoms with Crippen molar-refractivity contribution in [2.45, 2.75) is 11.8 Å². The van der Waals surface area contributed by atoms with Crippen LogP contribution in [0.1, 0.15) is 17.3 Å². The first-order chi connectivity index (χ1) is 7.30. The maximum Gasteiger partial charge on any atom is 0.332 e. The first kappa shape index (κ1) is 12.3. The standard InChI is InChI=1S/C9H8FNO4S/c1-6(12)11-9(13)7-3-2-4-8(5-7)16(10,14)15/h2-5H,1H3,(H,11,12,13). The fraction of sp³-hybridized carbons (Fsp3) is 0.111. The molecule has 1 aromatic rings. The number of halogens is 1. The van der Waals surface area contributed by atoms with Gasteiger partial charge in [-0.25, -0.2) is 0 Å². The zero-order chi connectivity index (χ0) is 12.3. The van der Waals surface area contributed by atoms with Gasteiger partial charge in [0.15, 0.2) is 0 Å². The largest absolute Gasteiger partial charge is 0.332 e. The molecule has 2 amide bonds. The normalized spacial score (nSPS) is 10.9. The second kappa shape index (κ2) is 4.40. The Morgan fingerprint density at radius 1 is 1.31 bits per heavy atom. The molecule has 86 valence electrons. The summed E-state index contributed by atoms with van der Waals surface area (Å²) in [6.45, 7) is 1.13. The molecule has 0 aliphatic rings. The van der Waals surface area contributed by atoms with Crippen molar-refractivity contribution < 1.29 is 21.9 Å². The number of imide groups is 1. The van der Waals surface area contributed by atoms with Gasteiger partial charge in [-0.15, -0.1) is 3.89 Å². The molecule has 0 aliphatic carbocycles. The summed E-state index contributed by atoms with van der Waals surface area (Å²) in [6, 6.07) is 4.35. The summed E-state index contributed by atoms with van der Waals surface area (Å²) in [5, 5.41) is 1.94. The van der Waals surface area contributed by atoms with Crippen LogP contribution in [0.4, 0.5) is 3.89 Å². The van der Waals surface area contributed by atoms with Crippen molar-refractivity contribution in [2.24, 2.45) is 0 Å². The van der Waals surface area contributed by atoms with Gasteiger partial charge in [-0.3, -0.25) is 14.9 Å². The van der Waals surface area contributed by atoms with Crippen molar-refractivity contribution in [3.05, 3.63) is 29.8 Å². The summed E-state index contributed by atoms with van der Waals surface area (Å²) in [7, 11) is -4.85. The van der Waals surface area contributed by atoms with Gasteiger partial charge >= 0.3 is 10.2 Å². The lowest BCUT2D eigenvalue weighted by molar-refractivity contribution is -0.118. The van der Waals surface area contributed by atoms with Crippen LogP contribution in [-0.4, -0.2) is 20.2 Å². The number of rotatable bonds is 2. The van der Waals surface area contributed by atoms with E-state index in [2.05, 4.69) is 0 Å².